The maximum absolute atomic E-state index is 14.2. The minimum atomic E-state index is -0.946. The van der Waals surface area contributed by atoms with Crippen LogP contribution in [0, 0.1) is 18.6 Å². The van der Waals surface area contributed by atoms with Crippen LogP contribution < -0.4 is 16.4 Å². The molecule has 0 saturated carbocycles. The van der Waals surface area contributed by atoms with Crippen LogP contribution in [0.2, 0.25) is 0 Å². The van der Waals surface area contributed by atoms with Crippen molar-refractivity contribution in [1.29, 1.82) is 0 Å². The number of likely N-dealkylation sites (tertiary alicyclic amines) is 1. The summed E-state index contributed by atoms with van der Waals surface area (Å²) in [7, 11) is 2.06. The number of benzene rings is 2. The maximum Gasteiger partial charge on any atom is 0.251 e. The number of rotatable bonds is 7. The predicted octanol–water partition coefficient (Wildman–Crippen LogP) is 4.11. The number of nitrogens with one attached hydrogen (secondary N) is 2. The van der Waals surface area contributed by atoms with E-state index in [4.69, 9.17) is 5.73 Å². The van der Waals surface area contributed by atoms with Gasteiger partial charge in [-0.05, 0) is 75.3 Å². The molecule has 1 aliphatic rings. The highest BCUT2D eigenvalue weighted by Gasteiger charge is 2.25. The van der Waals surface area contributed by atoms with Crippen molar-refractivity contribution >= 4 is 39.7 Å². The van der Waals surface area contributed by atoms with Crippen LogP contribution in [-0.4, -0.2) is 47.8 Å². The molecule has 1 aliphatic heterocycles. The van der Waals surface area contributed by atoms with Crippen molar-refractivity contribution in [1.82, 2.24) is 15.2 Å². The van der Waals surface area contributed by atoms with Crippen LogP contribution in [0.4, 0.5) is 25.4 Å². The zero-order valence-electron chi connectivity index (χ0n) is 18.8. The zero-order chi connectivity index (χ0) is 24.4. The van der Waals surface area contributed by atoms with Gasteiger partial charge < -0.3 is 21.3 Å². The number of amides is 1. The second-order valence-corrected chi connectivity index (χ2v) is 9.35. The lowest BCUT2D eigenvalue weighted by atomic mass is 10.1. The lowest BCUT2D eigenvalue weighted by Gasteiger charge is -2.19. The summed E-state index contributed by atoms with van der Waals surface area (Å²) in [5, 5.41) is 6.26. The van der Waals surface area contributed by atoms with E-state index >= 15 is 0 Å². The number of carbonyl (C=O) groups is 2. The van der Waals surface area contributed by atoms with E-state index in [1.165, 1.54) is 6.92 Å². The molecular weight excluding hydrogens is 460 g/mol. The third-order valence-electron chi connectivity index (χ3n) is 5.84. The van der Waals surface area contributed by atoms with Gasteiger partial charge in [-0.25, -0.2) is 13.8 Å². The van der Waals surface area contributed by atoms with Crippen molar-refractivity contribution < 1.29 is 18.4 Å². The quantitative estimate of drug-likeness (QED) is 0.436. The van der Waals surface area contributed by atoms with E-state index in [0.717, 1.165) is 42.9 Å². The molecule has 0 aliphatic carbocycles. The molecule has 3 aromatic rings. The molecule has 0 unspecified atom stereocenters. The second kappa shape index (κ2) is 9.86. The van der Waals surface area contributed by atoms with E-state index in [0.29, 0.717) is 29.4 Å². The van der Waals surface area contributed by atoms with Gasteiger partial charge in [0.2, 0.25) is 5.78 Å². The van der Waals surface area contributed by atoms with Crippen LogP contribution in [0.3, 0.4) is 0 Å². The van der Waals surface area contributed by atoms with Crippen molar-refractivity contribution in [2.45, 2.75) is 25.8 Å². The number of anilines is 3. The Morgan fingerprint density at radius 3 is 2.50 bits per heavy atom. The van der Waals surface area contributed by atoms with E-state index in [1.807, 2.05) is 0 Å². The fourth-order valence-corrected chi connectivity index (χ4v) is 4.81. The summed E-state index contributed by atoms with van der Waals surface area (Å²) in [6.07, 6.45) is 2.21. The van der Waals surface area contributed by atoms with Crippen LogP contribution in [0.15, 0.2) is 36.4 Å². The van der Waals surface area contributed by atoms with Crippen LogP contribution >= 0.6 is 11.3 Å². The summed E-state index contributed by atoms with van der Waals surface area (Å²) in [6, 6.07) is 9.31. The van der Waals surface area contributed by atoms with E-state index < -0.39 is 23.0 Å². The number of halogens is 2. The molecule has 0 bridgehead atoms. The standard InChI is InChI=1S/C24H25F2N5O2S/c1-13-10-17(25)19(18(26)11-13)20(32)21-22(27)30-24(34-21)29-15-7-5-14(6-8-15)23(33)28-12-16-4-3-9-31(16)2/h5-8,10-11,16H,3-4,9,12,27H2,1-2H3,(H,28,33)(H,29,30)/t16-/m0/s1. The number of nitrogen functional groups attached to an aromatic ring is 1. The summed E-state index contributed by atoms with van der Waals surface area (Å²) < 4.78 is 28.5. The lowest BCUT2D eigenvalue weighted by Crippen LogP contribution is -2.38. The number of ketones is 1. The Morgan fingerprint density at radius 1 is 1.21 bits per heavy atom. The SMILES string of the molecule is Cc1cc(F)c(C(=O)c2sc(Nc3ccc(C(=O)NC[C@@H]4CCCN4C)cc3)nc2N)c(F)c1. The van der Waals surface area contributed by atoms with Crippen molar-refractivity contribution in [3.63, 3.8) is 0 Å². The van der Waals surface area contributed by atoms with E-state index in [2.05, 4.69) is 27.6 Å². The average Bonchev–Trinajstić information content (AvgIpc) is 3.36. The number of carbonyl (C=O) groups excluding carboxylic acids is 2. The molecule has 0 spiro atoms. The number of nitrogens with zero attached hydrogens (tertiary/aromatic N) is 2. The Morgan fingerprint density at radius 2 is 1.88 bits per heavy atom. The number of hydrogen-bond donors (Lipinski definition) is 3. The summed E-state index contributed by atoms with van der Waals surface area (Å²) in [5.41, 5.74) is 6.71. The Balaban J connectivity index is 1.42. The van der Waals surface area contributed by atoms with Crippen LogP contribution in [0.1, 0.15) is 44.0 Å². The van der Waals surface area contributed by atoms with Crippen molar-refractivity contribution in [3.8, 4) is 0 Å². The Kier molecular flexibility index (Phi) is 6.90. The monoisotopic (exact) mass is 485 g/mol. The normalized spacial score (nSPS) is 15.9. The Labute approximate surface area is 200 Å². The molecule has 2 heterocycles. The van der Waals surface area contributed by atoms with Gasteiger partial charge in [-0.15, -0.1) is 0 Å². The maximum atomic E-state index is 14.2. The molecule has 4 rings (SSSR count). The number of nitrogens with two attached hydrogens (primary N) is 1. The van der Waals surface area contributed by atoms with Gasteiger partial charge in [0.25, 0.3) is 5.91 Å². The second-order valence-electron chi connectivity index (χ2n) is 8.36. The molecule has 4 N–H and O–H groups in total. The smallest absolute Gasteiger partial charge is 0.251 e. The molecular formula is C24H25F2N5O2S. The number of aryl methyl sites for hydroxylation is 1. The minimum Gasteiger partial charge on any atom is -0.382 e. The van der Waals surface area contributed by atoms with Crippen LogP contribution in [0.25, 0.3) is 0 Å². The number of thiazole rings is 1. The minimum absolute atomic E-state index is 0.0583. The molecule has 1 aromatic heterocycles. The molecule has 1 amide bonds. The molecule has 7 nitrogen and oxygen atoms in total. The Hall–Kier alpha value is -3.37. The molecule has 1 saturated heterocycles. The first-order valence-corrected chi connectivity index (χ1v) is 11.7. The van der Waals surface area contributed by atoms with Gasteiger partial charge in [-0.3, -0.25) is 9.59 Å². The highest BCUT2D eigenvalue weighted by molar-refractivity contribution is 7.18. The predicted molar refractivity (Wildman–Crippen MR) is 129 cm³/mol. The van der Waals surface area contributed by atoms with E-state index in [9.17, 15) is 18.4 Å². The summed E-state index contributed by atoms with van der Waals surface area (Å²) in [5.74, 6) is -3.03. The topological polar surface area (TPSA) is 100 Å². The molecule has 1 fully saturated rings. The van der Waals surface area contributed by atoms with Gasteiger partial charge in [0, 0.05) is 23.8 Å². The molecule has 34 heavy (non-hydrogen) atoms. The molecule has 1 atom stereocenters. The van der Waals surface area contributed by atoms with E-state index in [-0.39, 0.29) is 21.7 Å². The van der Waals surface area contributed by atoms with Crippen molar-refractivity contribution in [2.24, 2.45) is 0 Å². The summed E-state index contributed by atoms with van der Waals surface area (Å²) in [4.78, 5) is 31.4. The summed E-state index contributed by atoms with van der Waals surface area (Å²) in [6.45, 7) is 3.18. The summed E-state index contributed by atoms with van der Waals surface area (Å²) >= 11 is 0.898. The third kappa shape index (κ3) is 5.07. The zero-order valence-corrected chi connectivity index (χ0v) is 19.6. The molecule has 0 radical (unpaired) electrons. The third-order valence-corrected chi connectivity index (χ3v) is 6.83. The van der Waals surface area contributed by atoms with Crippen LogP contribution in [-0.2, 0) is 0 Å². The number of likely N-dealkylation sites (N-methyl/N-ethyl adjacent to an activating group) is 1. The van der Waals surface area contributed by atoms with Crippen molar-refractivity contribution in [2.75, 3.05) is 31.2 Å². The molecule has 10 heteroatoms. The van der Waals surface area contributed by atoms with Gasteiger partial charge in [0.05, 0.1) is 5.56 Å². The first-order valence-electron chi connectivity index (χ1n) is 10.8. The van der Waals surface area contributed by atoms with Crippen molar-refractivity contribution in [3.05, 3.63) is 69.6 Å². The highest BCUT2D eigenvalue weighted by Crippen LogP contribution is 2.31. The van der Waals surface area contributed by atoms with E-state index in [1.54, 1.807) is 24.3 Å². The first-order chi connectivity index (χ1) is 16.2. The highest BCUT2D eigenvalue weighted by atomic mass is 32.1. The first kappa shape index (κ1) is 23.8. The fourth-order valence-electron chi connectivity index (χ4n) is 3.96. The van der Waals surface area contributed by atoms with Gasteiger partial charge in [-0.1, -0.05) is 11.3 Å². The van der Waals surface area contributed by atoms with Gasteiger partial charge in [0.1, 0.15) is 22.3 Å². The van der Waals surface area contributed by atoms with Gasteiger partial charge in [0.15, 0.2) is 5.13 Å². The van der Waals surface area contributed by atoms with Gasteiger partial charge >= 0.3 is 0 Å². The fraction of sp³-hybridized carbons (Fsp3) is 0.292. The lowest BCUT2D eigenvalue weighted by molar-refractivity contribution is 0.0943. The average molecular weight is 486 g/mol. The Bertz CT molecular complexity index is 1210. The van der Waals surface area contributed by atoms with Crippen LogP contribution in [0.5, 0.6) is 0 Å². The molecule has 2 aromatic carbocycles. The number of hydrogen-bond acceptors (Lipinski definition) is 7. The largest absolute Gasteiger partial charge is 0.382 e. The van der Waals surface area contributed by atoms with Gasteiger partial charge in [-0.2, -0.15) is 0 Å². The number of aromatic nitrogens is 1. The molecule has 178 valence electrons.